The van der Waals surface area contributed by atoms with Crippen molar-refractivity contribution in [2.75, 3.05) is 6.61 Å². The van der Waals surface area contributed by atoms with Crippen molar-refractivity contribution in [2.45, 2.75) is 43.6 Å². The largest absolute Gasteiger partial charge is 0.465 e. The van der Waals surface area contributed by atoms with Crippen molar-refractivity contribution in [1.29, 1.82) is 0 Å². The topological polar surface area (TPSA) is 61.2 Å². The average Bonchev–Trinajstić information content (AvgIpc) is 2.72. The standard InChI is InChI=1S/C22H24N2O3S/c1-3-5-15-24-20(25)17-13-9-10-14-18(17)23-22(24)28-19(21(26)27-4-2)16-11-7-6-8-12-16/h6-14,19H,3-5,15H2,1-2H3/t19-/m0/s1. The number of thioether (sulfide) groups is 1. The first-order valence-electron chi connectivity index (χ1n) is 9.53. The van der Waals surface area contributed by atoms with Crippen LogP contribution in [0, 0.1) is 0 Å². The fourth-order valence-corrected chi connectivity index (χ4v) is 4.08. The fraction of sp³-hybridized carbons (Fsp3) is 0.318. The molecule has 0 saturated heterocycles. The zero-order valence-electron chi connectivity index (χ0n) is 16.1. The second kappa shape index (κ2) is 9.55. The third-order valence-electron chi connectivity index (χ3n) is 4.39. The van der Waals surface area contributed by atoms with Gasteiger partial charge in [0.25, 0.3) is 5.56 Å². The van der Waals surface area contributed by atoms with E-state index in [4.69, 9.17) is 9.72 Å². The van der Waals surface area contributed by atoms with E-state index in [-0.39, 0.29) is 11.5 Å². The monoisotopic (exact) mass is 396 g/mol. The Morgan fingerprint density at radius 1 is 1.11 bits per heavy atom. The molecule has 1 atom stereocenters. The molecule has 0 spiro atoms. The van der Waals surface area contributed by atoms with Crippen LogP contribution in [-0.2, 0) is 16.1 Å². The summed E-state index contributed by atoms with van der Waals surface area (Å²) in [6.45, 7) is 4.74. The first-order valence-corrected chi connectivity index (χ1v) is 10.4. The van der Waals surface area contributed by atoms with Crippen LogP contribution in [-0.4, -0.2) is 22.1 Å². The number of benzene rings is 2. The van der Waals surface area contributed by atoms with E-state index in [2.05, 4.69) is 6.92 Å². The van der Waals surface area contributed by atoms with Gasteiger partial charge < -0.3 is 4.74 Å². The Morgan fingerprint density at radius 2 is 1.82 bits per heavy atom. The summed E-state index contributed by atoms with van der Waals surface area (Å²) in [4.78, 5) is 30.4. The minimum absolute atomic E-state index is 0.0720. The molecule has 0 radical (unpaired) electrons. The number of carbonyl (C=O) groups excluding carboxylic acids is 1. The number of aromatic nitrogens is 2. The Hall–Kier alpha value is -2.60. The second-order valence-electron chi connectivity index (χ2n) is 6.38. The summed E-state index contributed by atoms with van der Waals surface area (Å²) in [5, 5.41) is 0.552. The Labute approximate surface area is 168 Å². The number of carbonyl (C=O) groups is 1. The molecule has 2 aromatic carbocycles. The number of nitrogens with zero attached hydrogens (tertiary/aromatic N) is 2. The highest BCUT2D eigenvalue weighted by molar-refractivity contribution is 8.00. The highest BCUT2D eigenvalue weighted by atomic mass is 32.2. The number of para-hydroxylation sites is 1. The molecule has 0 unspecified atom stereocenters. The van der Waals surface area contributed by atoms with Crippen LogP contribution in [0.25, 0.3) is 10.9 Å². The van der Waals surface area contributed by atoms with Crippen LogP contribution >= 0.6 is 11.8 Å². The molecule has 146 valence electrons. The third-order valence-corrected chi connectivity index (χ3v) is 5.61. The zero-order chi connectivity index (χ0) is 19.9. The van der Waals surface area contributed by atoms with E-state index >= 15 is 0 Å². The number of unbranched alkanes of at least 4 members (excludes halogenated alkanes) is 1. The number of fused-ring (bicyclic) bond motifs is 1. The van der Waals surface area contributed by atoms with Crippen molar-refractivity contribution < 1.29 is 9.53 Å². The summed E-state index contributed by atoms with van der Waals surface area (Å²) in [5.41, 5.74) is 1.39. The van der Waals surface area contributed by atoms with Gasteiger partial charge in [0, 0.05) is 6.54 Å². The van der Waals surface area contributed by atoms with Crippen molar-refractivity contribution in [3.8, 4) is 0 Å². The van der Waals surface area contributed by atoms with Gasteiger partial charge in [-0.05, 0) is 31.0 Å². The van der Waals surface area contributed by atoms with Gasteiger partial charge in [0.15, 0.2) is 5.16 Å². The summed E-state index contributed by atoms with van der Waals surface area (Å²) in [6, 6.07) is 16.8. The van der Waals surface area contributed by atoms with Gasteiger partial charge >= 0.3 is 5.97 Å². The normalized spacial score (nSPS) is 12.1. The summed E-state index contributed by atoms with van der Waals surface area (Å²) in [7, 11) is 0. The third kappa shape index (κ3) is 4.44. The Morgan fingerprint density at radius 3 is 2.54 bits per heavy atom. The molecule has 0 aliphatic rings. The number of rotatable bonds is 8. The predicted octanol–water partition coefficient (Wildman–Crippen LogP) is 4.59. The van der Waals surface area contributed by atoms with Crippen LogP contribution in [0.5, 0.6) is 0 Å². The molecule has 28 heavy (non-hydrogen) atoms. The zero-order valence-corrected chi connectivity index (χ0v) is 16.9. The summed E-state index contributed by atoms with van der Waals surface area (Å²) in [5.74, 6) is -0.330. The highest BCUT2D eigenvalue weighted by Crippen LogP contribution is 2.35. The van der Waals surface area contributed by atoms with Crippen LogP contribution in [0.15, 0.2) is 64.5 Å². The van der Waals surface area contributed by atoms with Crippen LogP contribution in [0.4, 0.5) is 0 Å². The Balaban J connectivity index is 2.09. The van der Waals surface area contributed by atoms with Crippen molar-refractivity contribution >= 4 is 28.6 Å². The van der Waals surface area contributed by atoms with Gasteiger partial charge in [0.05, 0.1) is 17.5 Å². The SMILES string of the molecule is CCCCn1c(S[C@H](C(=O)OCC)c2ccccc2)nc2ccccc2c1=O. The molecule has 0 N–H and O–H groups in total. The number of hydrogen-bond acceptors (Lipinski definition) is 5. The first kappa shape index (κ1) is 20.1. The van der Waals surface area contributed by atoms with Crippen molar-refractivity contribution in [3.05, 3.63) is 70.5 Å². The number of hydrogen-bond donors (Lipinski definition) is 0. The molecule has 1 heterocycles. The van der Waals surface area contributed by atoms with Gasteiger partial charge in [-0.2, -0.15) is 0 Å². The van der Waals surface area contributed by atoms with Crippen LogP contribution in [0.1, 0.15) is 37.5 Å². The molecule has 0 amide bonds. The van der Waals surface area contributed by atoms with Gasteiger partial charge in [0.1, 0.15) is 5.25 Å². The summed E-state index contributed by atoms with van der Waals surface area (Å²) >= 11 is 1.27. The maximum atomic E-state index is 13.1. The van der Waals surface area contributed by atoms with Gasteiger partial charge in [-0.1, -0.05) is 67.6 Å². The minimum Gasteiger partial charge on any atom is -0.465 e. The lowest BCUT2D eigenvalue weighted by atomic mass is 10.1. The smallest absolute Gasteiger partial charge is 0.324 e. The molecule has 3 rings (SSSR count). The molecule has 0 bridgehead atoms. The van der Waals surface area contributed by atoms with Crippen LogP contribution < -0.4 is 5.56 Å². The van der Waals surface area contributed by atoms with Crippen LogP contribution in [0.3, 0.4) is 0 Å². The maximum absolute atomic E-state index is 13.1. The molecule has 5 nitrogen and oxygen atoms in total. The summed E-state index contributed by atoms with van der Waals surface area (Å²) in [6.07, 6.45) is 1.83. The fourth-order valence-electron chi connectivity index (χ4n) is 2.95. The molecule has 1 aromatic heterocycles. The molecular formula is C22H24N2O3S. The molecule has 0 aliphatic heterocycles. The Bertz CT molecular complexity index is 1000. The second-order valence-corrected chi connectivity index (χ2v) is 7.45. The van der Waals surface area contributed by atoms with Gasteiger partial charge in [-0.15, -0.1) is 0 Å². The van der Waals surface area contributed by atoms with E-state index in [0.29, 0.717) is 29.2 Å². The molecule has 0 fully saturated rings. The van der Waals surface area contributed by atoms with E-state index in [0.717, 1.165) is 18.4 Å². The van der Waals surface area contributed by atoms with E-state index in [1.54, 1.807) is 17.6 Å². The van der Waals surface area contributed by atoms with Crippen LogP contribution in [0.2, 0.25) is 0 Å². The predicted molar refractivity (Wildman–Crippen MR) is 113 cm³/mol. The molecular weight excluding hydrogens is 372 g/mol. The van der Waals surface area contributed by atoms with Gasteiger partial charge in [-0.25, -0.2) is 4.98 Å². The first-order chi connectivity index (χ1) is 13.7. The number of ether oxygens (including phenoxy) is 1. The molecule has 3 aromatic rings. The number of esters is 1. The highest BCUT2D eigenvalue weighted by Gasteiger charge is 2.26. The lowest BCUT2D eigenvalue weighted by molar-refractivity contribution is -0.142. The quantitative estimate of drug-likeness (QED) is 0.316. The lowest BCUT2D eigenvalue weighted by Gasteiger charge is -2.18. The van der Waals surface area contributed by atoms with Gasteiger partial charge in [0.2, 0.25) is 0 Å². The molecule has 6 heteroatoms. The minimum atomic E-state index is -0.581. The molecule has 0 saturated carbocycles. The van der Waals surface area contributed by atoms with E-state index < -0.39 is 5.25 Å². The lowest BCUT2D eigenvalue weighted by Crippen LogP contribution is -2.24. The van der Waals surface area contributed by atoms with Gasteiger partial charge in [-0.3, -0.25) is 14.2 Å². The molecule has 0 aliphatic carbocycles. The van der Waals surface area contributed by atoms with Crippen molar-refractivity contribution in [2.24, 2.45) is 0 Å². The summed E-state index contributed by atoms with van der Waals surface area (Å²) < 4.78 is 6.98. The van der Waals surface area contributed by atoms with Crippen molar-refractivity contribution in [3.63, 3.8) is 0 Å². The average molecular weight is 397 g/mol. The van der Waals surface area contributed by atoms with E-state index in [9.17, 15) is 9.59 Å². The van der Waals surface area contributed by atoms with E-state index in [1.165, 1.54) is 11.8 Å². The van der Waals surface area contributed by atoms with E-state index in [1.807, 2.05) is 48.5 Å². The van der Waals surface area contributed by atoms with Crippen molar-refractivity contribution in [1.82, 2.24) is 9.55 Å². The maximum Gasteiger partial charge on any atom is 0.324 e. The Kier molecular flexibility index (Phi) is 6.87.